The van der Waals surface area contributed by atoms with Crippen molar-refractivity contribution in [2.75, 3.05) is 26.2 Å². The van der Waals surface area contributed by atoms with E-state index in [4.69, 9.17) is 4.98 Å². The molecule has 0 N–H and O–H groups in total. The number of fused-ring (bicyclic) bond motifs is 1. The second-order valence-electron chi connectivity index (χ2n) is 8.75. The van der Waals surface area contributed by atoms with Crippen molar-refractivity contribution in [1.82, 2.24) is 19.2 Å². The monoisotopic (exact) mass is 438 g/mol. The van der Waals surface area contributed by atoms with Gasteiger partial charge < -0.3 is 4.90 Å². The number of aromatic nitrogens is 2. The smallest absolute Gasteiger partial charge is 0.272 e. The molecule has 0 radical (unpaired) electrons. The molecule has 4 aromatic rings. The first-order chi connectivity index (χ1) is 16.2. The lowest BCUT2D eigenvalue weighted by molar-refractivity contribution is 0.0589. The second-order valence-corrected chi connectivity index (χ2v) is 8.75. The van der Waals surface area contributed by atoms with E-state index in [1.54, 1.807) is 0 Å². The maximum atomic E-state index is 13.6. The molecule has 0 aliphatic carbocycles. The lowest BCUT2D eigenvalue weighted by Crippen LogP contribution is -2.50. The molecule has 0 unspecified atom stereocenters. The molecule has 3 heterocycles. The standard InChI is InChI=1S/C28H30N4O/c1-3-24-27(32-20-21(2)14-15-25(32)29-24)28(33)31-18-16-30(17-19-31)26(22-10-6-4-7-11-22)23-12-8-5-9-13-23/h4-15,20,26H,3,16-19H2,1-2H3. The van der Waals surface area contributed by atoms with Crippen molar-refractivity contribution in [3.05, 3.63) is 107 Å². The third kappa shape index (κ3) is 4.16. The van der Waals surface area contributed by atoms with Crippen molar-refractivity contribution in [2.45, 2.75) is 26.3 Å². The van der Waals surface area contributed by atoms with Gasteiger partial charge >= 0.3 is 0 Å². The van der Waals surface area contributed by atoms with Gasteiger partial charge in [-0.05, 0) is 36.1 Å². The molecule has 2 aromatic heterocycles. The summed E-state index contributed by atoms with van der Waals surface area (Å²) in [6, 6.07) is 25.5. The first kappa shape index (κ1) is 21.4. The molecule has 0 spiro atoms. The van der Waals surface area contributed by atoms with E-state index >= 15 is 0 Å². The number of imidazole rings is 1. The van der Waals surface area contributed by atoms with Crippen LogP contribution < -0.4 is 0 Å². The molecular weight excluding hydrogens is 408 g/mol. The van der Waals surface area contributed by atoms with Gasteiger partial charge in [-0.2, -0.15) is 0 Å². The van der Waals surface area contributed by atoms with Crippen LogP contribution in [0.2, 0.25) is 0 Å². The zero-order valence-corrected chi connectivity index (χ0v) is 19.3. The number of carbonyl (C=O) groups is 1. The molecule has 33 heavy (non-hydrogen) atoms. The number of piperazine rings is 1. The van der Waals surface area contributed by atoms with Gasteiger partial charge in [0.1, 0.15) is 11.3 Å². The van der Waals surface area contributed by atoms with Crippen LogP contribution in [0.1, 0.15) is 45.8 Å². The van der Waals surface area contributed by atoms with Gasteiger partial charge in [0.2, 0.25) is 0 Å². The molecule has 5 rings (SSSR count). The van der Waals surface area contributed by atoms with Crippen molar-refractivity contribution in [3.8, 4) is 0 Å². The molecule has 1 saturated heterocycles. The van der Waals surface area contributed by atoms with E-state index in [1.165, 1.54) is 11.1 Å². The van der Waals surface area contributed by atoms with E-state index < -0.39 is 0 Å². The molecule has 0 saturated carbocycles. The molecule has 0 atom stereocenters. The molecule has 1 amide bonds. The summed E-state index contributed by atoms with van der Waals surface area (Å²) in [4.78, 5) is 22.8. The van der Waals surface area contributed by atoms with Gasteiger partial charge in [0.15, 0.2) is 0 Å². The molecule has 1 fully saturated rings. The van der Waals surface area contributed by atoms with Crippen LogP contribution in [0, 0.1) is 6.92 Å². The van der Waals surface area contributed by atoms with Crippen LogP contribution in [0.15, 0.2) is 79.0 Å². The lowest BCUT2D eigenvalue weighted by atomic mass is 9.96. The van der Waals surface area contributed by atoms with Gasteiger partial charge in [-0.25, -0.2) is 4.98 Å². The van der Waals surface area contributed by atoms with Crippen molar-refractivity contribution in [3.63, 3.8) is 0 Å². The number of nitrogens with zero attached hydrogens (tertiary/aromatic N) is 4. The number of carbonyl (C=O) groups excluding carboxylic acids is 1. The summed E-state index contributed by atoms with van der Waals surface area (Å²) in [5, 5.41) is 0. The van der Waals surface area contributed by atoms with E-state index in [0.29, 0.717) is 18.8 Å². The topological polar surface area (TPSA) is 40.9 Å². The van der Waals surface area contributed by atoms with Gasteiger partial charge in [-0.3, -0.25) is 14.1 Å². The fourth-order valence-corrected chi connectivity index (χ4v) is 4.89. The largest absolute Gasteiger partial charge is 0.335 e. The first-order valence-electron chi connectivity index (χ1n) is 11.8. The molecule has 1 aliphatic rings. The fraction of sp³-hybridized carbons (Fsp3) is 0.286. The zero-order chi connectivity index (χ0) is 22.8. The summed E-state index contributed by atoms with van der Waals surface area (Å²) in [5.74, 6) is 0.0839. The predicted octanol–water partition coefficient (Wildman–Crippen LogP) is 4.75. The average molecular weight is 439 g/mol. The Kier molecular flexibility index (Phi) is 5.97. The van der Waals surface area contributed by atoms with Crippen molar-refractivity contribution < 1.29 is 4.79 Å². The van der Waals surface area contributed by atoms with Crippen LogP contribution >= 0.6 is 0 Å². The summed E-state index contributed by atoms with van der Waals surface area (Å²) < 4.78 is 1.97. The Bertz CT molecular complexity index is 1200. The van der Waals surface area contributed by atoms with Crippen molar-refractivity contribution in [2.24, 2.45) is 0 Å². The molecule has 0 bridgehead atoms. The number of benzene rings is 2. The van der Waals surface area contributed by atoms with Crippen molar-refractivity contribution in [1.29, 1.82) is 0 Å². The van der Waals surface area contributed by atoms with Crippen LogP contribution in [-0.4, -0.2) is 51.3 Å². The van der Waals surface area contributed by atoms with Crippen LogP contribution in [-0.2, 0) is 6.42 Å². The number of amides is 1. The van der Waals surface area contributed by atoms with Crippen LogP contribution in [0.4, 0.5) is 0 Å². The summed E-state index contributed by atoms with van der Waals surface area (Å²) >= 11 is 0. The highest BCUT2D eigenvalue weighted by atomic mass is 16.2. The minimum atomic E-state index is 0.0839. The number of hydrogen-bond donors (Lipinski definition) is 0. The highest BCUT2D eigenvalue weighted by Crippen LogP contribution is 2.30. The van der Waals surface area contributed by atoms with E-state index in [1.807, 2.05) is 34.6 Å². The minimum absolute atomic E-state index is 0.0839. The van der Waals surface area contributed by atoms with Gasteiger partial charge in [-0.1, -0.05) is 73.7 Å². The number of hydrogen-bond acceptors (Lipinski definition) is 3. The Morgan fingerprint density at radius 3 is 2.06 bits per heavy atom. The maximum absolute atomic E-state index is 13.6. The van der Waals surface area contributed by atoms with Gasteiger partial charge in [0.05, 0.1) is 11.7 Å². The van der Waals surface area contributed by atoms with Gasteiger partial charge in [0.25, 0.3) is 5.91 Å². The molecule has 5 heteroatoms. The molecule has 2 aromatic carbocycles. The average Bonchev–Trinajstić information content (AvgIpc) is 3.23. The minimum Gasteiger partial charge on any atom is -0.335 e. The lowest BCUT2D eigenvalue weighted by Gasteiger charge is -2.39. The van der Waals surface area contributed by atoms with Crippen LogP contribution in [0.3, 0.4) is 0 Å². The van der Waals surface area contributed by atoms with E-state index in [0.717, 1.165) is 36.4 Å². The quantitative estimate of drug-likeness (QED) is 0.451. The highest BCUT2D eigenvalue weighted by molar-refractivity contribution is 5.95. The van der Waals surface area contributed by atoms with Crippen molar-refractivity contribution >= 4 is 11.6 Å². The summed E-state index contributed by atoms with van der Waals surface area (Å²) in [5.41, 5.74) is 6.12. The van der Waals surface area contributed by atoms with E-state index in [9.17, 15) is 4.79 Å². The SMILES string of the molecule is CCc1nc2ccc(C)cn2c1C(=O)N1CCN(C(c2ccccc2)c2ccccc2)CC1. The molecule has 5 nitrogen and oxygen atoms in total. The van der Waals surface area contributed by atoms with Gasteiger partial charge in [-0.15, -0.1) is 0 Å². The Morgan fingerprint density at radius 1 is 0.879 bits per heavy atom. The third-order valence-electron chi connectivity index (χ3n) is 6.57. The predicted molar refractivity (Wildman–Crippen MR) is 132 cm³/mol. The zero-order valence-electron chi connectivity index (χ0n) is 19.3. The Morgan fingerprint density at radius 2 is 1.48 bits per heavy atom. The number of rotatable bonds is 5. The molecule has 1 aliphatic heterocycles. The Labute approximate surface area is 195 Å². The van der Waals surface area contributed by atoms with E-state index in [-0.39, 0.29) is 11.9 Å². The number of pyridine rings is 1. The van der Waals surface area contributed by atoms with Crippen LogP contribution in [0.5, 0.6) is 0 Å². The summed E-state index contributed by atoms with van der Waals surface area (Å²) in [6.07, 6.45) is 2.76. The fourth-order valence-electron chi connectivity index (χ4n) is 4.89. The second kappa shape index (κ2) is 9.20. The van der Waals surface area contributed by atoms with Crippen LogP contribution in [0.25, 0.3) is 5.65 Å². The van der Waals surface area contributed by atoms with Gasteiger partial charge in [0, 0.05) is 32.4 Å². The summed E-state index contributed by atoms with van der Waals surface area (Å²) in [7, 11) is 0. The Hall–Kier alpha value is -3.44. The summed E-state index contributed by atoms with van der Waals surface area (Å²) in [6.45, 7) is 7.18. The highest BCUT2D eigenvalue weighted by Gasteiger charge is 2.30. The first-order valence-corrected chi connectivity index (χ1v) is 11.8. The third-order valence-corrected chi connectivity index (χ3v) is 6.57. The number of aryl methyl sites for hydroxylation is 2. The Balaban J connectivity index is 1.39. The maximum Gasteiger partial charge on any atom is 0.272 e. The van der Waals surface area contributed by atoms with E-state index in [2.05, 4.69) is 72.5 Å². The molecule has 168 valence electrons. The molecular formula is C28H30N4O. The normalized spacial score (nSPS) is 14.8.